The molecule has 0 bridgehead atoms. The van der Waals surface area contributed by atoms with Gasteiger partial charge in [-0.2, -0.15) is 0 Å². The van der Waals surface area contributed by atoms with Gasteiger partial charge in [0.2, 0.25) is 0 Å². The minimum absolute atomic E-state index is 0.207. The minimum Gasteiger partial charge on any atom is -0.350 e. The highest BCUT2D eigenvalue weighted by Crippen LogP contribution is 2.20. The number of hydrogen-bond donors (Lipinski definition) is 1. The van der Waals surface area contributed by atoms with Gasteiger partial charge in [0.1, 0.15) is 17.3 Å². The third kappa shape index (κ3) is 5.08. The van der Waals surface area contributed by atoms with Crippen molar-refractivity contribution in [1.29, 1.82) is 0 Å². The van der Waals surface area contributed by atoms with E-state index in [0.29, 0.717) is 28.8 Å². The summed E-state index contributed by atoms with van der Waals surface area (Å²) in [4.78, 5) is 23.8. The number of aryl methyl sites for hydroxylation is 1. The number of anilines is 2. The Morgan fingerprint density at radius 3 is 2.50 bits per heavy atom. The first kappa shape index (κ1) is 19.8. The number of carbonyl (C=O) groups excluding carboxylic acids is 1. The van der Waals surface area contributed by atoms with E-state index in [9.17, 15) is 4.79 Å². The summed E-state index contributed by atoms with van der Waals surface area (Å²) in [6.07, 6.45) is 0. The molecule has 0 saturated carbocycles. The van der Waals surface area contributed by atoms with Crippen molar-refractivity contribution < 1.29 is 4.79 Å². The van der Waals surface area contributed by atoms with Crippen LogP contribution in [-0.4, -0.2) is 21.9 Å². The van der Waals surface area contributed by atoms with E-state index in [1.54, 1.807) is 37.3 Å². The highest BCUT2D eigenvalue weighted by Gasteiger charge is 2.17. The molecular formula is C22H23ClN4O. The van der Waals surface area contributed by atoms with Gasteiger partial charge >= 0.3 is 0 Å². The van der Waals surface area contributed by atoms with Gasteiger partial charge in [0.05, 0.1) is 0 Å². The van der Waals surface area contributed by atoms with Gasteiger partial charge in [0.15, 0.2) is 0 Å². The van der Waals surface area contributed by atoms with Crippen LogP contribution < -0.4 is 10.2 Å². The molecule has 1 amide bonds. The van der Waals surface area contributed by atoms with Gasteiger partial charge < -0.3 is 10.2 Å². The van der Waals surface area contributed by atoms with Gasteiger partial charge in [-0.1, -0.05) is 48.0 Å². The quantitative estimate of drug-likeness (QED) is 0.631. The van der Waals surface area contributed by atoms with Gasteiger partial charge in [-0.15, -0.1) is 0 Å². The molecule has 5 nitrogen and oxygen atoms in total. The molecule has 1 N–H and O–H groups in total. The zero-order valence-electron chi connectivity index (χ0n) is 16.2. The van der Waals surface area contributed by atoms with E-state index in [1.165, 1.54) is 5.56 Å². The van der Waals surface area contributed by atoms with Gasteiger partial charge in [-0.25, -0.2) is 9.97 Å². The third-order valence-corrected chi connectivity index (χ3v) is 4.49. The van der Waals surface area contributed by atoms with Crippen LogP contribution in [0.4, 0.5) is 11.5 Å². The molecule has 144 valence electrons. The smallest absolute Gasteiger partial charge is 0.274 e. The van der Waals surface area contributed by atoms with Crippen LogP contribution in [0.15, 0.2) is 60.7 Å². The molecule has 28 heavy (non-hydrogen) atoms. The molecule has 0 saturated heterocycles. The molecule has 1 aromatic heterocycles. The van der Waals surface area contributed by atoms with Gasteiger partial charge in [0, 0.05) is 29.4 Å². The Labute approximate surface area is 170 Å². The predicted octanol–water partition coefficient (Wildman–Crippen LogP) is 5.11. The van der Waals surface area contributed by atoms with Crippen LogP contribution in [-0.2, 0) is 6.54 Å². The molecule has 0 fully saturated rings. The maximum atomic E-state index is 12.7. The Morgan fingerprint density at radius 2 is 1.82 bits per heavy atom. The first-order valence-corrected chi connectivity index (χ1v) is 9.53. The number of benzene rings is 2. The maximum absolute atomic E-state index is 12.7. The molecule has 0 atom stereocenters. The first-order chi connectivity index (χ1) is 13.4. The van der Waals surface area contributed by atoms with Crippen LogP contribution in [0.2, 0.25) is 5.02 Å². The second-order valence-electron chi connectivity index (χ2n) is 6.83. The fourth-order valence-electron chi connectivity index (χ4n) is 2.88. The van der Waals surface area contributed by atoms with Crippen molar-refractivity contribution in [3.63, 3.8) is 0 Å². The third-order valence-electron chi connectivity index (χ3n) is 4.25. The summed E-state index contributed by atoms with van der Waals surface area (Å²) in [5, 5.41) is 3.40. The number of nitrogens with zero attached hydrogens (tertiary/aromatic N) is 3. The molecule has 2 aromatic carbocycles. The molecule has 6 heteroatoms. The fraction of sp³-hybridized carbons (Fsp3) is 0.227. The molecule has 0 aliphatic rings. The maximum Gasteiger partial charge on any atom is 0.274 e. The zero-order chi connectivity index (χ0) is 20.1. The van der Waals surface area contributed by atoms with Crippen molar-refractivity contribution in [3.05, 3.63) is 82.8 Å². The zero-order valence-corrected chi connectivity index (χ0v) is 16.9. The Hall–Kier alpha value is -2.92. The van der Waals surface area contributed by atoms with Crippen LogP contribution in [0.3, 0.4) is 0 Å². The summed E-state index contributed by atoms with van der Waals surface area (Å²) in [7, 11) is 0. The van der Waals surface area contributed by atoms with Crippen LogP contribution in [0.25, 0.3) is 0 Å². The summed E-state index contributed by atoms with van der Waals surface area (Å²) < 4.78 is 0. The van der Waals surface area contributed by atoms with Crippen LogP contribution in [0, 0.1) is 6.92 Å². The molecule has 3 aromatic rings. The van der Waals surface area contributed by atoms with Crippen LogP contribution in [0.5, 0.6) is 0 Å². The molecule has 1 heterocycles. The van der Waals surface area contributed by atoms with E-state index >= 15 is 0 Å². The van der Waals surface area contributed by atoms with Gasteiger partial charge in [-0.3, -0.25) is 4.79 Å². The lowest BCUT2D eigenvalue weighted by atomic mass is 10.2. The Kier molecular flexibility index (Phi) is 6.26. The van der Waals surface area contributed by atoms with E-state index in [-0.39, 0.29) is 11.9 Å². The summed E-state index contributed by atoms with van der Waals surface area (Å²) in [5.41, 5.74) is 2.12. The van der Waals surface area contributed by atoms with E-state index in [4.69, 9.17) is 11.6 Å². The molecule has 0 aliphatic carbocycles. The van der Waals surface area contributed by atoms with E-state index in [1.807, 2.05) is 18.2 Å². The lowest BCUT2D eigenvalue weighted by Gasteiger charge is -2.28. The van der Waals surface area contributed by atoms with Crippen LogP contribution >= 0.6 is 11.6 Å². The lowest BCUT2D eigenvalue weighted by Crippen LogP contribution is -2.31. The summed E-state index contributed by atoms with van der Waals surface area (Å²) in [6, 6.07) is 19.2. The van der Waals surface area contributed by atoms with E-state index in [2.05, 4.69) is 46.2 Å². The Balaban J connectivity index is 1.87. The SMILES string of the molecule is Cc1nc(C(=O)Nc2cccc(Cl)c2)cc(N(Cc2ccccc2)C(C)C)n1. The van der Waals surface area contributed by atoms with Crippen molar-refractivity contribution in [2.75, 3.05) is 10.2 Å². The number of amides is 1. The van der Waals surface area contributed by atoms with Crippen molar-refractivity contribution in [2.24, 2.45) is 0 Å². The number of carbonyl (C=O) groups is 1. The van der Waals surface area contributed by atoms with Crippen molar-refractivity contribution in [2.45, 2.75) is 33.4 Å². The molecule has 0 radical (unpaired) electrons. The minimum atomic E-state index is -0.294. The molecular weight excluding hydrogens is 372 g/mol. The average molecular weight is 395 g/mol. The lowest BCUT2D eigenvalue weighted by molar-refractivity contribution is 0.102. The normalized spacial score (nSPS) is 10.8. The van der Waals surface area contributed by atoms with Crippen molar-refractivity contribution in [1.82, 2.24) is 9.97 Å². The van der Waals surface area contributed by atoms with Crippen molar-refractivity contribution >= 4 is 29.0 Å². The van der Waals surface area contributed by atoms with Crippen molar-refractivity contribution in [3.8, 4) is 0 Å². The average Bonchev–Trinajstić information content (AvgIpc) is 2.66. The largest absolute Gasteiger partial charge is 0.350 e. The second-order valence-corrected chi connectivity index (χ2v) is 7.27. The van der Waals surface area contributed by atoms with Gasteiger partial charge in [0.25, 0.3) is 5.91 Å². The number of rotatable bonds is 6. The fourth-order valence-corrected chi connectivity index (χ4v) is 3.08. The van der Waals surface area contributed by atoms with Crippen LogP contribution in [0.1, 0.15) is 35.7 Å². The highest BCUT2D eigenvalue weighted by molar-refractivity contribution is 6.30. The molecule has 3 rings (SSSR count). The monoisotopic (exact) mass is 394 g/mol. The molecule has 0 unspecified atom stereocenters. The topological polar surface area (TPSA) is 58.1 Å². The number of hydrogen-bond acceptors (Lipinski definition) is 4. The summed E-state index contributed by atoms with van der Waals surface area (Å²) in [6.45, 7) is 6.70. The Morgan fingerprint density at radius 1 is 1.07 bits per heavy atom. The number of halogens is 1. The number of aromatic nitrogens is 2. The standard InChI is InChI=1S/C22H23ClN4O/c1-15(2)27(14-17-8-5-4-6-9-17)21-13-20(24-16(3)25-21)22(28)26-19-11-7-10-18(23)12-19/h4-13,15H,14H2,1-3H3,(H,26,28). The first-order valence-electron chi connectivity index (χ1n) is 9.15. The molecule has 0 spiro atoms. The summed E-state index contributed by atoms with van der Waals surface area (Å²) >= 11 is 5.99. The summed E-state index contributed by atoms with van der Waals surface area (Å²) in [5.74, 6) is 0.979. The Bertz CT molecular complexity index is 960. The predicted molar refractivity (Wildman–Crippen MR) is 114 cm³/mol. The van der Waals surface area contributed by atoms with Gasteiger partial charge in [-0.05, 0) is 44.5 Å². The van der Waals surface area contributed by atoms with E-state index < -0.39 is 0 Å². The number of nitrogens with one attached hydrogen (secondary N) is 1. The second kappa shape index (κ2) is 8.85. The van der Waals surface area contributed by atoms with E-state index in [0.717, 1.165) is 5.82 Å². The highest BCUT2D eigenvalue weighted by atomic mass is 35.5. The molecule has 0 aliphatic heterocycles.